The topological polar surface area (TPSA) is 71.8 Å². The van der Waals surface area contributed by atoms with E-state index in [0.29, 0.717) is 19.5 Å². The number of aromatic nitrogens is 3. The van der Waals surface area contributed by atoms with E-state index in [-0.39, 0.29) is 5.91 Å². The maximum absolute atomic E-state index is 10.9. The predicted molar refractivity (Wildman–Crippen MR) is 56.1 cm³/mol. The van der Waals surface area contributed by atoms with Gasteiger partial charge in [0.15, 0.2) is 0 Å². The molecule has 0 radical (unpaired) electrons. The molecule has 6 heteroatoms. The molecule has 0 unspecified atom stereocenters. The molecule has 0 spiro atoms. The lowest BCUT2D eigenvalue weighted by molar-refractivity contribution is -0.120. The molecule has 0 aliphatic carbocycles. The van der Waals surface area contributed by atoms with Crippen LogP contribution in [0.5, 0.6) is 0 Å². The normalized spacial score (nSPS) is 10.3. The van der Waals surface area contributed by atoms with E-state index in [1.54, 1.807) is 13.4 Å². The molecule has 0 fully saturated rings. The van der Waals surface area contributed by atoms with E-state index in [0.717, 1.165) is 12.4 Å². The highest BCUT2D eigenvalue weighted by Gasteiger charge is 2.02. The zero-order valence-corrected chi connectivity index (χ0v) is 9.16. The van der Waals surface area contributed by atoms with Crippen LogP contribution in [0.2, 0.25) is 0 Å². The van der Waals surface area contributed by atoms with Crippen molar-refractivity contribution in [2.45, 2.75) is 26.4 Å². The highest BCUT2D eigenvalue weighted by atomic mass is 16.1. The summed E-state index contributed by atoms with van der Waals surface area (Å²) in [5.41, 5.74) is 0. The minimum atomic E-state index is 0.0412. The first-order valence-electron chi connectivity index (χ1n) is 5.06. The lowest BCUT2D eigenvalue weighted by atomic mass is 10.4. The maximum Gasteiger partial charge on any atom is 0.221 e. The molecule has 1 aromatic rings. The SMILES string of the molecule is CCn1cnnc1CNCCC(=O)NC. The second kappa shape index (κ2) is 6.13. The first-order chi connectivity index (χ1) is 7.27. The van der Waals surface area contributed by atoms with Crippen LogP contribution in [0, 0.1) is 0 Å². The molecule has 84 valence electrons. The van der Waals surface area contributed by atoms with Gasteiger partial charge in [-0.2, -0.15) is 0 Å². The second-order valence-corrected chi connectivity index (χ2v) is 3.13. The van der Waals surface area contributed by atoms with E-state index >= 15 is 0 Å². The number of amides is 1. The number of aryl methyl sites for hydroxylation is 1. The predicted octanol–water partition coefficient (Wildman–Crippen LogP) is -0.476. The molecule has 15 heavy (non-hydrogen) atoms. The molecule has 0 saturated heterocycles. The Balaban J connectivity index is 2.23. The van der Waals surface area contributed by atoms with E-state index in [1.165, 1.54) is 0 Å². The molecule has 0 aliphatic heterocycles. The molecular formula is C9H17N5O. The Morgan fingerprint density at radius 3 is 3.07 bits per heavy atom. The highest BCUT2D eigenvalue weighted by molar-refractivity contribution is 5.75. The second-order valence-electron chi connectivity index (χ2n) is 3.13. The number of carbonyl (C=O) groups excluding carboxylic acids is 1. The third kappa shape index (κ3) is 3.67. The van der Waals surface area contributed by atoms with Crippen molar-refractivity contribution in [3.8, 4) is 0 Å². The van der Waals surface area contributed by atoms with Crippen molar-refractivity contribution in [2.24, 2.45) is 0 Å². The smallest absolute Gasteiger partial charge is 0.221 e. The van der Waals surface area contributed by atoms with Crippen LogP contribution < -0.4 is 10.6 Å². The van der Waals surface area contributed by atoms with Gasteiger partial charge in [-0.3, -0.25) is 4.79 Å². The van der Waals surface area contributed by atoms with Gasteiger partial charge in [0.1, 0.15) is 12.2 Å². The van der Waals surface area contributed by atoms with Crippen molar-refractivity contribution in [1.29, 1.82) is 0 Å². The van der Waals surface area contributed by atoms with Gasteiger partial charge in [0.2, 0.25) is 5.91 Å². The minimum absolute atomic E-state index is 0.0412. The van der Waals surface area contributed by atoms with Gasteiger partial charge in [-0.1, -0.05) is 0 Å². The number of rotatable bonds is 6. The molecule has 1 amide bonds. The molecule has 2 N–H and O–H groups in total. The van der Waals surface area contributed by atoms with Gasteiger partial charge in [0.05, 0.1) is 6.54 Å². The summed E-state index contributed by atoms with van der Waals surface area (Å²) in [6, 6.07) is 0. The van der Waals surface area contributed by atoms with Crippen molar-refractivity contribution in [3.63, 3.8) is 0 Å². The van der Waals surface area contributed by atoms with Crippen LogP contribution >= 0.6 is 0 Å². The quantitative estimate of drug-likeness (QED) is 0.624. The Morgan fingerprint density at radius 2 is 2.40 bits per heavy atom. The van der Waals surface area contributed by atoms with Crippen LogP contribution in [0.3, 0.4) is 0 Å². The van der Waals surface area contributed by atoms with Crippen LogP contribution in [-0.2, 0) is 17.9 Å². The van der Waals surface area contributed by atoms with Crippen LogP contribution in [0.25, 0.3) is 0 Å². The summed E-state index contributed by atoms with van der Waals surface area (Å²) in [6.07, 6.45) is 2.19. The molecule has 0 saturated carbocycles. The first-order valence-corrected chi connectivity index (χ1v) is 5.06. The van der Waals surface area contributed by atoms with E-state index in [4.69, 9.17) is 0 Å². The summed E-state index contributed by atoms with van der Waals surface area (Å²) in [5.74, 6) is 0.939. The Kier molecular flexibility index (Phi) is 4.76. The largest absolute Gasteiger partial charge is 0.359 e. The first kappa shape index (κ1) is 11.6. The molecule has 1 heterocycles. The lowest BCUT2D eigenvalue weighted by Gasteiger charge is -2.04. The number of hydrogen-bond donors (Lipinski definition) is 2. The maximum atomic E-state index is 10.9. The molecule has 0 bridgehead atoms. The Labute approximate surface area is 89.1 Å². The van der Waals surface area contributed by atoms with Gasteiger partial charge >= 0.3 is 0 Å². The summed E-state index contributed by atoms with van der Waals surface area (Å²) in [5, 5.41) is 13.5. The molecule has 1 rings (SSSR count). The summed E-state index contributed by atoms with van der Waals surface area (Å²) in [4.78, 5) is 10.9. The highest BCUT2D eigenvalue weighted by Crippen LogP contribution is 1.93. The fraction of sp³-hybridized carbons (Fsp3) is 0.667. The zero-order valence-electron chi connectivity index (χ0n) is 9.16. The summed E-state index contributed by atoms with van der Waals surface area (Å²) < 4.78 is 1.97. The molecule has 0 aromatic carbocycles. The van der Waals surface area contributed by atoms with Gasteiger partial charge in [0.25, 0.3) is 0 Å². The van der Waals surface area contributed by atoms with Gasteiger partial charge < -0.3 is 15.2 Å². The average molecular weight is 211 g/mol. The fourth-order valence-electron chi connectivity index (χ4n) is 1.21. The summed E-state index contributed by atoms with van der Waals surface area (Å²) in [7, 11) is 1.63. The van der Waals surface area contributed by atoms with Crippen molar-refractivity contribution in [3.05, 3.63) is 12.2 Å². The van der Waals surface area contributed by atoms with Crippen LogP contribution in [-0.4, -0.2) is 34.3 Å². The Bertz CT molecular complexity index is 309. The van der Waals surface area contributed by atoms with Crippen molar-refractivity contribution >= 4 is 5.91 Å². The average Bonchev–Trinajstić information content (AvgIpc) is 2.71. The summed E-state index contributed by atoms with van der Waals surface area (Å²) in [6.45, 7) is 4.19. The van der Waals surface area contributed by atoms with Gasteiger partial charge in [-0.05, 0) is 6.92 Å². The number of nitrogens with zero attached hydrogens (tertiary/aromatic N) is 3. The molecule has 1 aromatic heterocycles. The van der Waals surface area contributed by atoms with Gasteiger partial charge in [0, 0.05) is 26.6 Å². The fourth-order valence-corrected chi connectivity index (χ4v) is 1.21. The number of nitrogens with one attached hydrogen (secondary N) is 2. The molecule has 0 atom stereocenters. The molecule has 6 nitrogen and oxygen atoms in total. The van der Waals surface area contributed by atoms with Crippen molar-refractivity contribution in [2.75, 3.05) is 13.6 Å². The monoisotopic (exact) mass is 211 g/mol. The van der Waals surface area contributed by atoms with Crippen LogP contribution in [0.15, 0.2) is 6.33 Å². The third-order valence-corrected chi connectivity index (χ3v) is 2.13. The van der Waals surface area contributed by atoms with E-state index in [2.05, 4.69) is 20.8 Å². The van der Waals surface area contributed by atoms with Gasteiger partial charge in [-0.15, -0.1) is 10.2 Å². The Hall–Kier alpha value is -1.43. The van der Waals surface area contributed by atoms with Gasteiger partial charge in [-0.25, -0.2) is 0 Å². The zero-order chi connectivity index (χ0) is 11.1. The lowest BCUT2D eigenvalue weighted by Crippen LogP contribution is -2.25. The van der Waals surface area contributed by atoms with Crippen LogP contribution in [0.4, 0.5) is 0 Å². The Morgan fingerprint density at radius 1 is 1.60 bits per heavy atom. The number of hydrogen-bond acceptors (Lipinski definition) is 4. The van der Waals surface area contributed by atoms with E-state index < -0.39 is 0 Å². The standard InChI is InChI=1S/C9H17N5O/c1-3-14-7-12-13-8(14)6-11-5-4-9(15)10-2/h7,11H,3-6H2,1-2H3,(H,10,15). The van der Waals surface area contributed by atoms with Crippen molar-refractivity contribution < 1.29 is 4.79 Å². The molecule has 0 aliphatic rings. The molecular weight excluding hydrogens is 194 g/mol. The number of carbonyl (C=O) groups is 1. The van der Waals surface area contributed by atoms with E-state index in [1.807, 2.05) is 11.5 Å². The van der Waals surface area contributed by atoms with E-state index in [9.17, 15) is 4.79 Å². The van der Waals surface area contributed by atoms with Crippen LogP contribution in [0.1, 0.15) is 19.2 Å². The minimum Gasteiger partial charge on any atom is -0.359 e. The summed E-state index contributed by atoms with van der Waals surface area (Å²) >= 11 is 0. The third-order valence-electron chi connectivity index (χ3n) is 2.13. The van der Waals surface area contributed by atoms with Crippen molar-refractivity contribution in [1.82, 2.24) is 25.4 Å².